The summed E-state index contributed by atoms with van der Waals surface area (Å²) in [5, 5.41) is 3.66. The fraction of sp³-hybridized carbons (Fsp3) is 0.235. The van der Waals surface area contributed by atoms with Gasteiger partial charge in [0, 0.05) is 23.4 Å². The molecule has 1 atom stereocenters. The van der Waals surface area contributed by atoms with Crippen molar-refractivity contribution in [3.05, 3.63) is 48.2 Å². The molecule has 1 aromatic heterocycles. The van der Waals surface area contributed by atoms with Gasteiger partial charge in [-0.15, -0.1) is 0 Å². The van der Waals surface area contributed by atoms with Crippen molar-refractivity contribution in [1.82, 2.24) is 4.98 Å². The van der Waals surface area contributed by atoms with E-state index in [4.69, 9.17) is 5.73 Å². The van der Waals surface area contributed by atoms with Crippen LogP contribution in [0.5, 0.6) is 0 Å². The number of carbonyl (C=O) groups is 1. The lowest BCUT2D eigenvalue weighted by molar-refractivity contribution is -0.108. The van der Waals surface area contributed by atoms with Gasteiger partial charge in [0.05, 0.1) is 5.52 Å². The molecular weight excluding hydrogens is 248 g/mol. The zero-order valence-electron chi connectivity index (χ0n) is 11.3. The Bertz CT molecular complexity index is 745. The SMILES string of the molecule is NCC(CCC=O)c1c[nH]c2c1ccc1ccccc12. The minimum Gasteiger partial charge on any atom is -0.360 e. The predicted octanol–water partition coefficient (Wildman–Crippen LogP) is 3.34. The summed E-state index contributed by atoms with van der Waals surface area (Å²) in [4.78, 5) is 14.0. The number of aromatic nitrogens is 1. The number of nitrogens with one attached hydrogen (secondary N) is 1. The maximum atomic E-state index is 10.6. The number of rotatable bonds is 5. The highest BCUT2D eigenvalue weighted by atomic mass is 16.1. The van der Waals surface area contributed by atoms with Crippen LogP contribution in [-0.2, 0) is 4.79 Å². The zero-order valence-corrected chi connectivity index (χ0v) is 11.3. The van der Waals surface area contributed by atoms with E-state index in [-0.39, 0.29) is 5.92 Å². The molecule has 0 saturated carbocycles. The van der Waals surface area contributed by atoms with Crippen molar-refractivity contribution in [2.24, 2.45) is 5.73 Å². The molecule has 0 saturated heterocycles. The first-order valence-electron chi connectivity index (χ1n) is 6.97. The Kier molecular flexibility index (Phi) is 3.52. The molecule has 1 unspecified atom stereocenters. The molecule has 102 valence electrons. The summed E-state index contributed by atoms with van der Waals surface area (Å²) in [6, 6.07) is 12.6. The molecule has 0 aliphatic heterocycles. The van der Waals surface area contributed by atoms with E-state index in [1.54, 1.807) is 0 Å². The van der Waals surface area contributed by atoms with Gasteiger partial charge < -0.3 is 15.5 Å². The van der Waals surface area contributed by atoms with Crippen molar-refractivity contribution in [3.8, 4) is 0 Å². The van der Waals surface area contributed by atoms with Crippen molar-refractivity contribution in [1.29, 1.82) is 0 Å². The van der Waals surface area contributed by atoms with Crippen LogP contribution in [0.1, 0.15) is 24.3 Å². The first kappa shape index (κ1) is 12.9. The first-order valence-corrected chi connectivity index (χ1v) is 6.97. The number of carbonyl (C=O) groups excluding carboxylic acids is 1. The lowest BCUT2D eigenvalue weighted by atomic mass is 9.93. The van der Waals surface area contributed by atoms with Crippen LogP contribution in [0.3, 0.4) is 0 Å². The fourth-order valence-corrected chi connectivity index (χ4v) is 2.90. The number of nitrogens with two attached hydrogens (primary N) is 1. The summed E-state index contributed by atoms with van der Waals surface area (Å²) < 4.78 is 0. The molecule has 20 heavy (non-hydrogen) atoms. The lowest BCUT2D eigenvalue weighted by Gasteiger charge is -2.12. The van der Waals surface area contributed by atoms with Crippen LogP contribution < -0.4 is 5.73 Å². The number of hydrogen-bond acceptors (Lipinski definition) is 2. The Morgan fingerprint density at radius 1 is 1.15 bits per heavy atom. The number of aromatic amines is 1. The van der Waals surface area contributed by atoms with Crippen LogP contribution >= 0.6 is 0 Å². The molecule has 1 heterocycles. The van der Waals surface area contributed by atoms with E-state index >= 15 is 0 Å². The monoisotopic (exact) mass is 266 g/mol. The van der Waals surface area contributed by atoms with Gasteiger partial charge in [-0.05, 0) is 29.8 Å². The summed E-state index contributed by atoms with van der Waals surface area (Å²) in [5.74, 6) is 0.232. The van der Waals surface area contributed by atoms with Gasteiger partial charge in [0.25, 0.3) is 0 Å². The Morgan fingerprint density at radius 2 is 2.00 bits per heavy atom. The van der Waals surface area contributed by atoms with Gasteiger partial charge in [-0.2, -0.15) is 0 Å². The van der Waals surface area contributed by atoms with E-state index < -0.39 is 0 Å². The second-order valence-electron chi connectivity index (χ2n) is 5.13. The van der Waals surface area contributed by atoms with E-state index in [1.165, 1.54) is 21.7 Å². The molecule has 0 fully saturated rings. The molecular formula is C17H18N2O. The maximum Gasteiger partial charge on any atom is 0.120 e. The van der Waals surface area contributed by atoms with Crippen LogP contribution in [0.15, 0.2) is 42.6 Å². The molecule has 0 radical (unpaired) electrons. The molecule has 0 spiro atoms. The van der Waals surface area contributed by atoms with E-state index in [9.17, 15) is 4.79 Å². The maximum absolute atomic E-state index is 10.6. The first-order chi connectivity index (χ1) is 9.85. The number of aldehydes is 1. The van der Waals surface area contributed by atoms with Crippen molar-refractivity contribution in [2.75, 3.05) is 6.54 Å². The average Bonchev–Trinajstić information content (AvgIpc) is 2.93. The Hall–Kier alpha value is -2.13. The van der Waals surface area contributed by atoms with Crippen LogP contribution in [0.25, 0.3) is 21.7 Å². The van der Waals surface area contributed by atoms with Crippen LogP contribution in [0.4, 0.5) is 0 Å². The highest BCUT2D eigenvalue weighted by Crippen LogP contribution is 2.32. The van der Waals surface area contributed by atoms with Gasteiger partial charge in [-0.1, -0.05) is 36.4 Å². The topological polar surface area (TPSA) is 58.9 Å². The van der Waals surface area contributed by atoms with E-state index in [1.807, 2.05) is 12.3 Å². The quantitative estimate of drug-likeness (QED) is 0.696. The summed E-state index contributed by atoms with van der Waals surface area (Å²) in [7, 11) is 0. The number of H-pyrrole nitrogens is 1. The summed E-state index contributed by atoms with van der Waals surface area (Å²) in [6.07, 6.45) is 4.37. The van der Waals surface area contributed by atoms with Crippen molar-refractivity contribution < 1.29 is 4.79 Å². The van der Waals surface area contributed by atoms with E-state index in [0.29, 0.717) is 13.0 Å². The number of hydrogen-bond donors (Lipinski definition) is 2. The molecule has 3 nitrogen and oxygen atoms in total. The summed E-state index contributed by atoms with van der Waals surface area (Å²) in [5.41, 5.74) is 8.25. The van der Waals surface area contributed by atoms with Gasteiger partial charge >= 0.3 is 0 Å². The van der Waals surface area contributed by atoms with Gasteiger partial charge in [0.2, 0.25) is 0 Å². The van der Waals surface area contributed by atoms with Gasteiger partial charge in [-0.25, -0.2) is 0 Å². The molecule has 3 rings (SSSR count). The highest BCUT2D eigenvalue weighted by Gasteiger charge is 2.15. The zero-order chi connectivity index (χ0) is 13.9. The van der Waals surface area contributed by atoms with Crippen molar-refractivity contribution >= 4 is 28.0 Å². The Morgan fingerprint density at radius 3 is 2.80 bits per heavy atom. The Labute approximate surface area is 117 Å². The molecule has 0 bridgehead atoms. The molecule has 3 heteroatoms. The van der Waals surface area contributed by atoms with Crippen LogP contribution in [-0.4, -0.2) is 17.8 Å². The predicted molar refractivity (Wildman–Crippen MR) is 82.9 cm³/mol. The second-order valence-corrected chi connectivity index (χ2v) is 5.13. The summed E-state index contributed by atoms with van der Waals surface area (Å²) in [6.45, 7) is 0.563. The molecule has 0 aliphatic rings. The van der Waals surface area contributed by atoms with Crippen molar-refractivity contribution in [3.63, 3.8) is 0 Å². The molecule has 3 aromatic rings. The molecule has 0 amide bonds. The smallest absolute Gasteiger partial charge is 0.120 e. The summed E-state index contributed by atoms with van der Waals surface area (Å²) >= 11 is 0. The lowest BCUT2D eigenvalue weighted by Crippen LogP contribution is -2.12. The van der Waals surface area contributed by atoms with E-state index in [0.717, 1.165) is 18.2 Å². The van der Waals surface area contributed by atoms with Gasteiger partial charge in [-0.3, -0.25) is 0 Å². The third-order valence-electron chi connectivity index (χ3n) is 3.97. The number of benzene rings is 2. The molecule has 0 aliphatic carbocycles. The van der Waals surface area contributed by atoms with Gasteiger partial charge in [0.15, 0.2) is 0 Å². The van der Waals surface area contributed by atoms with Crippen LogP contribution in [0, 0.1) is 0 Å². The third-order valence-corrected chi connectivity index (χ3v) is 3.97. The van der Waals surface area contributed by atoms with Gasteiger partial charge in [0.1, 0.15) is 6.29 Å². The number of fused-ring (bicyclic) bond motifs is 3. The van der Waals surface area contributed by atoms with Crippen molar-refractivity contribution in [2.45, 2.75) is 18.8 Å². The third kappa shape index (κ3) is 2.10. The fourth-order valence-electron chi connectivity index (χ4n) is 2.90. The van der Waals surface area contributed by atoms with Crippen LogP contribution in [0.2, 0.25) is 0 Å². The molecule has 2 aromatic carbocycles. The largest absolute Gasteiger partial charge is 0.360 e. The standard InChI is InChI=1S/C17H18N2O/c18-10-13(5-3-9-20)16-11-19-17-14-6-2-1-4-12(14)7-8-15(16)17/h1-2,4,6-9,11,13,19H,3,5,10,18H2. The van der Waals surface area contributed by atoms with E-state index in [2.05, 4.69) is 35.3 Å². The minimum absolute atomic E-state index is 0.232. The normalized spacial score (nSPS) is 12.8. The average molecular weight is 266 g/mol. The Balaban J connectivity index is 2.13. The molecule has 3 N–H and O–H groups in total. The highest BCUT2D eigenvalue weighted by molar-refractivity contribution is 6.06. The minimum atomic E-state index is 0.232. The second kappa shape index (κ2) is 5.47.